The lowest BCUT2D eigenvalue weighted by Gasteiger charge is -2.13. The molecule has 3 rings (SSSR count). The van der Waals surface area contributed by atoms with E-state index in [1.54, 1.807) is 0 Å². The number of fused-ring (bicyclic) bond motifs is 1. The van der Waals surface area contributed by atoms with Gasteiger partial charge in [-0.2, -0.15) is 5.10 Å². The van der Waals surface area contributed by atoms with Crippen molar-refractivity contribution in [2.75, 3.05) is 6.79 Å². The Labute approximate surface area is 104 Å². The quantitative estimate of drug-likeness (QED) is 0.852. The fraction of sp³-hybridized carbons (Fsp3) is 0.333. The molecule has 1 atom stereocenters. The van der Waals surface area contributed by atoms with Crippen molar-refractivity contribution in [2.45, 2.75) is 19.5 Å². The van der Waals surface area contributed by atoms with Gasteiger partial charge in [-0.1, -0.05) is 6.07 Å². The largest absolute Gasteiger partial charge is 0.454 e. The van der Waals surface area contributed by atoms with Crippen molar-refractivity contribution in [1.82, 2.24) is 20.5 Å². The van der Waals surface area contributed by atoms with Crippen LogP contribution in [0.4, 0.5) is 0 Å². The zero-order valence-corrected chi connectivity index (χ0v) is 10.0. The van der Waals surface area contributed by atoms with Crippen LogP contribution in [0.25, 0.3) is 0 Å². The Morgan fingerprint density at radius 2 is 2.28 bits per heavy atom. The van der Waals surface area contributed by atoms with E-state index in [0.717, 1.165) is 22.9 Å². The van der Waals surface area contributed by atoms with Crippen molar-refractivity contribution in [3.8, 4) is 11.5 Å². The molecule has 6 heteroatoms. The van der Waals surface area contributed by atoms with Crippen LogP contribution in [0, 0.1) is 0 Å². The summed E-state index contributed by atoms with van der Waals surface area (Å²) in [6.07, 6.45) is 1.50. The van der Waals surface area contributed by atoms with E-state index >= 15 is 0 Å². The van der Waals surface area contributed by atoms with Crippen molar-refractivity contribution in [2.24, 2.45) is 0 Å². The Hall–Kier alpha value is -2.08. The van der Waals surface area contributed by atoms with Crippen LogP contribution in [0.5, 0.6) is 11.5 Å². The second kappa shape index (κ2) is 4.66. The summed E-state index contributed by atoms with van der Waals surface area (Å²) in [7, 11) is 0. The number of rotatable bonds is 4. The molecule has 1 aliphatic heterocycles. The first-order valence-corrected chi connectivity index (χ1v) is 5.80. The first-order chi connectivity index (χ1) is 8.83. The average molecular weight is 246 g/mol. The smallest absolute Gasteiger partial charge is 0.231 e. The lowest BCUT2D eigenvalue weighted by molar-refractivity contribution is 0.174. The maximum atomic E-state index is 5.36. The minimum atomic E-state index is 0.199. The maximum Gasteiger partial charge on any atom is 0.231 e. The summed E-state index contributed by atoms with van der Waals surface area (Å²) in [4.78, 5) is 4.07. The van der Waals surface area contributed by atoms with Crippen LogP contribution in [0.2, 0.25) is 0 Å². The van der Waals surface area contributed by atoms with Gasteiger partial charge in [0.2, 0.25) is 6.79 Å². The second-order valence-electron chi connectivity index (χ2n) is 4.15. The molecule has 0 fully saturated rings. The zero-order chi connectivity index (χ0) is 12.4. The van der Waals surface area contributed by atoms with Gasteiger partial charge < -0.3 is 14.8 Å². The fourth-order valence-corrected chi connectivity index (χ4v) is 1.87. The highest BCUT2D eigenvalue weighted by Gasteiger charge is 2.15. The van der Waals surface area contributed by atoms with Gasteiger partial charge in [-0.15, -0.1) is 0 Å². The summed E-state index contributed by atoms with van der Waals surface area (Å²) < 4.78 is 10.6. The van der Waals surface area contributed by atoms with E-state index in [1.165, 1.54) is 6.33 Å². The van der Waals surface area contributed by atoms with Crippen LogP contribution >= 0.6 is 0 Å². The molecule has 0 radical (unpaired) electrons. The van der Waals surface area contributed by atoms with Crippen LogP contribution in [-0.4, -0.2) is 22.0 Å². The number of hydrogen-bond donors (Lipinski definition) is 2. The molecule has 6 nitrogen and oxygen atoms in total. The molecule has 2 N–H and O–H groups in total. The number of benzene rings is 1. The first kappa shape index (κ1) is 11.0. The normalized spacial score (nSPS) is 14.7. The molecule has 1 aromatic carbocycles. The Morgan fingerprint density at radius 1 is 1.39 bits per heavy atom. The molecule has 0 saturated heterocycles. The summed E-state index contributed by atoms with van der Waals surface area (Å²) in [6, 6.07) is 6.17. The summed E-state index contributed by atoms with van der Waals surface area (Å²) in [5, 5.41) is 9.99. The van der Waals surface area contributed by atoms with E-state index in [0.29, 0.717) is 13.3 Å². The Morgan fingerprint density at radius 3 is 3.11 bits per heavy atom. The highest BCUT2D eigenvalue weighted by atomic mass is 16.7. The summed E-state index contributed by atoms with van der Waals surface area (Å²) in [6.45, 7) is 3.04. The fourth-order valence-electron chi connectivity index (χ4n) is 1.87. The molecule has 0 saturated carbocycles. The van der Waals surface area contributed by atoms with E-state index in [9.17, 15) is 0 Å². The Bertz CT molecular complexity index is 527. The van der Waals surface area contributed by atoms with Gasteiger partial charge in [-0.05, 0) is 24.6 Å². The minimum Gasteiger partial charge on any atom is -0.454 e. The number of hydrogen-bond acceptors (Lipinski definition) is 5. The average Bonchev–Trinajstić information content (AvgIpc) is 3.05. The number of aromatic nitrogens is 3. The van der Waals surface area contributed by atoms with E-state index in [1.807, 2.05) is 18.2 Å². The number of nitrogens with zero attached hydrogens (tertiary/aromatic N) is 2. The number of nitrogens with one attached hydrogen (secondary N) is 2. The highest BCUT2D eigenvalue weighted by molar-refractivity contribution is 5.45. The number of aromatic amines is 1. The topological polar surface area (TPSA) is 72.1 Å². The first-order valence-electron chi connectivity index (χ1n) is 5.80. The molecule has 2 heterocycles. The van der Waals surface area contributed by atoms with Crippen molar-refractivity contribution in [1.29, 1.82) is 0 Å². The monoisotopic (exact) mass is 246 g/mol. The summed E-state index contributed by atoms with van der Waals surface area (Å²) in [5.74, 6) is 2.43. The van der Waals surface area contributed by atoms with Gasteiger partial charge in [0, 0.05) is 6.04 Å². The molecule has 0 bridgehead atoms. The van der Waals surface area contributed by atoms with Crippen molar-refractivity contribution in [3.63, 3.8) is 0 Å². The van der Waals surface area contributed by atoms with Crippen LogP contribution in [0.3, 0.4) is 0 Å². The van der Waals surface area contributed by atoms with Gasteiger partial charge >= 0.3 is 0 Å². The molecular formula is C12H14N4O2. The third kappa shape index (κ3) is 2.14. The van der Waals surface area contributed by atoms with Gasteiger partial charge in [0.25, 0.3) is 0 Å². The molecule has 18 heavy (non-hydrogen) atoms. The Balaban J connectivity index is 1.67. The van der Waals surface area contributed by atoms with E-state index in [-0.39, 0.29) is 6.04 Å². The van der Waals surface area contributed by atoms with E-state index in [4.69, 9.17) is 9.47 Å². The predicted octanol–water partition coefficient (Wildman–Crippen LogP) is 1.38. The Kier molecular flexibility index (Phi) is 2.85. The molecule has 1 aromatic heterocycles. The highest BCUT2D eigenvalue weighted by Crippen LogP contribution is 2.34. The van der Waals surface area contributed by atoms with Crippen LogP contribution in [0.15, 0.2) is 24.5 Å². The maximum absolute atomic E-state index is 5.36. The van der Waals surface area contributed by atoms with Crippen LogP contribution in [0.1, 0.15) is 24.4 Å². The zero-order valence-electron chi connectivity index (χ0n) is 10.0. The lowest BCUT2D eigenvalue weighted by Crippen LogP contribution is -2.18. The SMILES string of the molecule is CC(NCc1ncn[nH]1)c1ccc2c(c1)OCO2. The number of ether oxygens (including phenoxy) is 2. The molecule has 1 unspecified atom stereocenters. The van der Waals surface area contributed by atoms with Crippen molar-refractivity contribution in [3.05, 3.63) is 35.9 Å². The van der Waals surface area contributed by atoms with Gasteiger partial charge in [0.1, 0.15) is 12.2 Å². The molecule has 0 spiro atoms. The molecular weight excluding hydrogens is 232 g/mol. The molecule has 0 amide bonds. The second-order valence-corrected chi connectivity index (χ2v) is 4.15. The summed E-state index contributed by atoms with van der Waals surface area (Å²) in [5.41, 5.74) is 1.15. The molecule has 0 aliphatic carbocycles. The molecule has 1 aliphatic rings. The molecule has 94 valence electrons. The van der Waals surface area contributed by atoms with Gasteiger partial charge in [0.05, 0.1) is 6.54 Å². The van der Waals surface area contributed by atoms with Crippen molar-refractivity contribution < 1.29 is 9.47 Å². The summed E-state index contributed by atoms with van der Waals surface area (Å²) >= 11 is 0. The van der Waals surface area contributed by atoms with Crippen LogP contribution in [-0.2, 0) is 6.54 Å². The van der Waals surface area contributed by atoms with Gasteiger partial charge in [-0.25, -0.2) is 4.98 Å². The molecule has 2 aromatic rings. The van der Waals surface area contributed by atoms with E-state index < -0.39 is 0 Å². The van der Waals surface area contributed by atoms with E-state index in [2.05, 4.69) is 27.4 Å². The third-order valence-electron chi connectivity index (χ3n) is 2.94. The van der Waals surface area contributed by atoms with Crippen molar-refractivity contribution >= 4 is 0 Å². The van der Waals surface area contributed by atoms with Crippen LogP contribution < -0.4 is 14.8 Å². The predicted molar refractivity (Wildman–Crippen MR) is 64.2 cm³/mol. The third-order valence-corrected chi connectivity index (χ3v) is 2.94. The van der Waals surface area contributed by atoms with Gasteiger partial charge in [-0.3, -0.25) is 5.10 Å². The van der Waals surface area contributed by atoms with Gasteiger partial charge in [0.15, 0.2) is 11.5 Å². The minimum absolute atomic E-state index is 0.199. The lowest BCUT2D eigenvalue weighted by atomic mass is 10.1. The number of H-pyrrole nitrogens is 1. The standard InChI is InChI=1S/C12H14N4O2/c1-8(13-5-12-14-6-15-16-12)9-2-3-10-11(4-9)18-7-17-10/h2-4,6,8,13H,5,7H2,1H3,(H,14,15,16).